The molecule has 1 atom stereocenters. The molecule has 2 aliphatic heterocycles. The van der Waals surface area contributed by atoms with E-state index in [1.165, 1.54) is 11.8 Å². The fourth-order valence-electron chi connectivity index (χ4n) is 2.92. The van der Waals surface area contributed by atoms with E-state index >= 15 is 0 Å². The molecule has 0 bridgehead atoms. The number of fused-ring (bicyclic) bond motifs is 2. The number of para-hydroxylation sites is 1. The Hall–Kier alpha value is -2.31. The highest BCUT2D eigenvalue weighted by Crippen LogP contribution is 2.34. The molecule has 0 saturated carbocycles. The number of nitrogens with one attached hydrogen (secondary N) is 1. The Balaban J connectivity index is 1.98. The number of amidine groups is 1. The van der Waals surface area contributed by atoms with Crippen molar-refractivity contribution in [3.8, 4) is 0 Å². The largest absolute Gasteiger partial charge is 0.298 e. The van der Waals surface area contributed by atoms with E-state index in [1.807, 2.05) is 55.5 Å². The number of hydrazone groups is 1. The summed E-state index contributed by atoms with van der Waals surface area (Å²) in [6, 6.07) is 15.1. The molecule has 0 saturated heterocycles. The third-order valence-electron chi connectivity index (χ3n) is 3.98. The zero-order valence-corrected chi connectivity index (χ0v) is 15.0. The monoisotopic (exact) mass is 370 g/mol. The second-order valence-corrected chi connectivity index (χ2v) is 7.19. The number of thioether (sulfide) groups is 1. The second-order valence-electron chi connectivity index (χ2n) is 5.53. The zero-order valence-electron chi connectivity index (χ0n) is 13.4. The van der Waals surface area contributed by atoms with Gasteiger partial charge >= 0.3 is 0 Å². The van der Waals surface area contributed by atoms with Crippen LogP contribution < -0.4 is 15.9 Å². The van der Waals surface area contributed by atoms with Gasteiger partial charge in [0.15, 0.2) is 11.3 Å². The fraction of sp³-hybridized carbons (Fsp3) is 0.167. The van der Waals surface area contributed by atoms with E-state index in [1.54, 1.807) is 5.01 Å². The molecule has 0 spiro atoms. The third kappa shape index (κ3) is 2.81. The van der Waals surface area contributed by atoms with Gasteiger partial charge in [0, 0.05) is 15.8 Å². The summed E-state index contributed by atoms with van der Waals surface area (Å²) in [7, 11) is 0. The van der Waals surface area contributed by atoms with Crippen molar-refractivity contribution in [1.29, 1.82) is 0 Å². The van der Waals surface area contributed by atoms with Crippen LogP contribution in [0.2, 0.25) is 5.02 Å². The van der Waals surface area contributed by atoms with Gasteiger partial charge in [0.1, 0.15) is 5.70 Å². The Morgan fingerprint density at radius 3 is 2.76 bits per heavy atom. The molecule has 1 amide bonds. The smallest absolute Gasteiger partial charge is 0.276 e. The molecule has 0 aromatic heterocycles. The lowest BCUT2D eigenvalue weighted by atomic mass is 10.1. The molecule has 1 unspecified atom stereocenters. The second kappa shape index (κ2) is 6.54. The highest BCUT2D eigenvalue weighted by molar-refractivity contribution is 8.13. The summed E-state index contributed by atoms with van der Waals surface area (Å²) >= 11 is 7.88. The molecule has 7 heteroatoms. The first-order valence-electron chi connectivity index (χ1n) is 7.92. The van der Waals surface area contributed by atoms with Crippen molar-refractivity contribution in [2.24, 2.45) is 10.1 Å². The van der Waals surface area contributed by atoms with Crippen molar-refractivity contribution < 1.29 is 4.79 Å². The van der Waals surface area contributed by atoms with Gasteiger partial charge in [-0.2, -0.15) is 0 Å². The number of nitrogens with zero attached hydrogens (tertiary/aromatic N) is 3. The minimum atomic E-state index is -0.475. The number of hydrogen-bond acceptors (Lipinski definition) is 5. The van der Waals surface area contributed by atoms with Crippen LogP contribution in [0.3, 0.4) is 0 Å². The van der Waals surface area contributed by atoms with Crippen molar-refractivity contribution in [2.75, 3.05) is 5.75 Å². The average molecular weight is 371 g/mol. The van der Waals surface area contributed by atoms with E-state index in [0.717, 1.165) is 21.9 Å². The van der Waals surface area contributed by atoms with Crippen LogP contribution in [0.5, 0.6) is 0 Å². The lowest BCUT2D eigenvalue weighted by Crippen LogP contribution is -2.50. The number of carbonyl (C=O) groups is 1. The number of rotatable bonds is 2. The number of halogens is 1. The van der Waals surface area contributed by atoms with Crippen LogP contribution in [0, 0.1) is 0 Å². The third-order valence-corrected chi connectivity index (χ3v) is 5.07. The van der Waals surface area contributed by atoms with E-state index < -0.39 is 6.17 Å². The van der Waals surface area contributed by atoms with E-state index in [2.05, 4.69) is 10.4 Å². The Bertz CT molecular complexity index is 1000. The Morgan fingerprint density at radius 1 is 1.20 bits per heavy atom. The average Bonchev–Trinajstić information content (AvgIpc) is 2.61. The van der Waals surface area contributed by atoms with E-state index in [9.17, 15) is 4.79 Å². The van der Waals surface area contributed by atoms with Crippen LogP contribution in [-0.2, 0) is 4.79 Å². The van der Waals surface area contributed by atoms with Gasteiger partial charge in [0.05, 0.1) is 5.36 Å². The van der Waals surface area contributed by atoms with Gasteiger partial charge in [-0.25, -0.2) is 5.01 Å². The summed E-state index contributed by atoms with van der Waals surface area (Å²) in [5.74, 6) is 0.637. The first-order valence-corrected chi connectivity index (χ1v) is 9.29. The Labute approximate surface area is 154 Å². The normalized spacial score (nSPS) is 18.7. The zero-order chi connectivity index (χ0) is 17.4. The fourth-order valence-corrected chi connectivity index (χ4v) is 3.73. The van der Waals surface area contributed by atoms with E-state index in [0.29, 0.717) is 15.9 Å². The van der Waals surface area contributed by atoms with Gasteiger partial charge in [-0.1, -0.05) is 66.7 Å². The Morgan fingerprint density at radius 2 is 1.96 bits per heavy atom. The number of hydrogen-bond donors (Lipinski definition) is 1. The van der Waals surface area contributed by atoms with Gasteiger partial charge in [-0.15, -0.1) is 5.10 Å². The summed E-state index contributed by atoms with van der Waals surface area (Å²) in [4.78, 5) is 17.6. The Kier molecular flexibility index (Phi) is 4.23. The highest BCUT2D eigenvalue weighted by atomic mass is 35.5. The molecule has 1 N–H and O–H groups in total. The molecule has 2 aliphatic rings. The van der Waals surface area contributed by atoms with Gasteiger partial charge in [0.25, 0.3) is 5.91 Å². The van der Waals surface area contributed by atoms with Crippen molar-refractivity contribution >= 4 is 40.1 Å². The molecular formula is C18H15ClN4OS. The molecule has 126 valence electrons. The molecule has 2 heterocycles. The predicted octanol–water partition coefficient (Wildman–Crippen LogP) is 2.24. The number of benzene rings is 2. The van der Waals surface area contributed by atoms with Gasteiger partial charge in [0.2, 0.25) is 0 Å². The summed E-state index contributed by atoms with van der Waals surface area (Å²) in [5, 5.41) is 11.9. The molecule has 2 aromatic rings. The summed E-state index contributed by atoms with van der Waals surface area (Å²) in [6.07, 6.45) is -0.475. The molecule has 2 aromatic carbocycles. The molecule has 4 rings (SSSR count). The van der Waals surface area contributed by atoms with Crippen molar-refractivity contribution in [1.82, 2.24) is 10.3 Å². The van der Waals surface area contributed by atoms with Crippen molar-refractivity contribution in [2.45, 2.75) is 13.1 Å². The van der Waals surface area contributed by atoms with Crippen LogP contribution in [0.1, 0.15) is 18.7 Å². The van der Waals surface area contributed by atoms with Gasteiger partial charge in [-0.3, -0.25) is 15.1 Å². The molecule has 5 nitrogen and oxygen atoms in total. The van der Waals surface area contributed by atoms with E-state index in [-0.39, 0.29) is 5.91 Å². The first kappa shape index (κ1) is 16.2. The minimum Gasteiger partial charge on any atom is -0.298 e. The van der Waals surface area contributed by atoms with Gasteiger partial charge < -0.3 is 0 Å². The molecule has 0 radical (unpaired) electrons. The minimum absolute atomic E-state index is 0.176. The summed E-state index contributed by atoms with van der Waals surface area (Å²) < 4.78 is 0. The van der Waals surface area contributed by atoms with Crippen LogP contribution in [-0.4, -0.2) is 21.8 Å². The lowest BCUT2D eigenvalue weighted by Gasteiger charge is -2.34. The maximum absolute atomic E-state index is 12.8. The molecule has 0 aliphatic carbocycles. The van der Waals surface area contributed by atoms with Crippen LogP contribution in [0.15, 0.2) is 58.6 Å². The van der Waals surface area contributed by atoms with E-state index in [4.69, 9.17) is 16.6 Å². The molecular weight excluding hydrogens is 356 g/mol. The number of amides is 1. The first-order chi connectivity index (χ1) is 12.2. The van der Waals surface area contributed by atoms with Crippen LogP contribution in [0.25, 0.3) is 5.70 Å². The number of carbonyl (C=O) groups excluding carboxylic acids is 1. The SMILES string of the molecule is CCSC1=NN2C(=c3ccccc3=NC2c2ccccc2Cl)C(=O)N1. The molecule has 0 fully saturated rings. The maximum atomic E-state index is 12.8. The quantitative estimate of drug-likeness (QED) is 0.882. The van der Waals surface area contributed by atoms with Crippen LogP contribution >= 0.6 is 23.4 Å². The highest BCUT2D eigenvalue weighted by Gasteiger charge is 2.34. The topological polar surface area (TPSA) is 57.1 Å². The summed E-state index contributed by atoms with van der Waals surface area (Å²) in [5.41, 5.74) is 1.31. The van der Waals surface area contributed by atoms with Crippen molar-refractivity contribution in [3.05, 3.63) is 69.7 Å². The lowest BCUT2D eigenvalue weighted by molar-refractivity contribution is -0.116. The van der Waals surface area contributed by atoms with Crippen molar-refractivity contribution in [3.63, 3.8) is 0 Å². The standard InChI is InChI=1S/C18H15ClN4OS/c1-2-25-18-21-17(24)15-12-8-4-6-10-14(12)20-16(23(15)22-18)11-7-3-5-9-13(11)19/h3-10,16H,2H2,1H3,(H,21,22,24). The maximum Gasteiger partial charge on any atom is 0.276 e. The van der Waals surface area contributed by atoms with Gasteiger partial charge in [-0.05, 0) is 17.9 Å². The predicted molar refractivity (Wildman–Crippen MR) is 100 cm³/mol. The molecule has 25 heavy (non-hydrogen) atoms. The van der Waals surface area contributed by atoms with Crippen LogP contribution in [0.4, 0.5) is 0 Å². The summed E-state index contributed by atoms with van der Waals surface area (Å²) in [6.45, 7) is 2.01.